The Morgan fingerprint density at radius 2 is 2.08 bits per heavy atom. The first-order valence-corrected chi connectivity index (χ1v) is 9.50. The predicted octanol–water partition coefficient (Wildman–Crippen LogP) is 2.62. The minimum atomic E-state index is 0.150. The van der Waals surface area contributed by atoms with Gasteiger partial charge >= 0.3 is 0 Å². The van der Waals surface area contributed by atoms with Crippen LogP contribution in [0.25, 0.3) is 0 Å². The molecule has 2 heterocycles. The second kappa shape index (κ2) is 6.75. The van der Waals surface area contributed by atoms with E-state index >= 15 is 0 Å². The lowest BCUT2D eigenvalue weighted by atomic mass is 10.1. The van der Waals surface area contributed by atoms with Gasteiger partial charge in [-0.1, -0.05) is 34.1 Å². The van der Waals surface area contributed by atoms with Gasteiger partial charge in [-0.25, -0.2) is 0 Å². The van der Waals surface area contributed by atoms with Gasteiger partial charge in [0.2, 0.25) is 5.91 Å². The number of carbonyl (C=O) groups excluding carboxylic acids is 1. The highest BCUT2D eigenvalue weighted by molar-refractivity contribution is 9.10. The Morgan fingerprint density at radius 1 is 1.28 bits per heavy atom. The van der Waals surface area contributed by atoms with Gasteiger partial charge in [0.05, 0.1) is 18.2 Å². The van der Waals surface area contributed by atoms with Gasteiger partial charge in [-0.2, -0.15) is 5.10 Å². The Bertz CT molecular complexity index is 804. The quantitative estimate of drug-likeness (QED) is 0.791. The standard InChI is InChI=1S/C19H21BrN4O/c1-23(19(25)10-13-5-2-3-7-16(13)20)15-11-24(12-15)18-9-14-6-4-8-17(14)21-22-18/h2-3,5,7,9,15H,4,6,8,10-12H2,1H3. The lowest BCUT2D eigenvalue weighted by molar-refractivity contribution is -0.131. The molecular formula is C19H21BrN4O. The van der Waals surface area contributed by atoms with Crippen molar-refractivity contribution in [3.63, 3.8) is 0 Å². The van der Waals surface area contributed by atoms with E-state index in [2.05, 4.69) is 37.1 Å². The Hall–Kier alpha value is -1.95. The van der Waals surface area contributed by atoms with Gasteiger partial charge < -0.3 is 9.80 Å². The molecule has 0 saturated carbocycles. The molecule has 6 heteroatoms. The maximum absolute atomic E-state index is 12.6. The van der Waals surface area contributed by atoms with Crippen LogP contribution in [-0.4, -0.2) is 47.2 Å². The van der Waals surface area contributed by atoms with Crippen LogP contribution in [0.4, 0.5) is 5.82 Å². The number of amides is 1. The SMILES string of the molecule is CN(C(=O)Cc1ccccc1Br)C1CN(c2cc3c(nn2)CCC3)C1. The van der Waals surface area contributed by atoms with Gasteiger partial charge in [0, 0.05) is 24.6 Å². The van der Waals surface area contributed by atoms with E-state index in [1.54, 1.807) is 0 Å². The van der Waals surface area contributed by atoms with Crippen molar-refractivity contribution < 1.29 is 4.79 Å². The van der Waals surface area contributed by atoms with E-state index in [-0.39, 0.29) is 11.9 Å². The zero-order chi connectivity index (χ0) is 17.4. The molecule has 1 saturated heterocycles. The van der Waals surface area contributed by atoms with E-state index < -0.39 is 0 Å². The Balaban J connectivity index is 1.35. The van der Waals surface area contributed by atoms with Crippen molar-refractivity contribution in [1.29, 1.82) is 0 Å². The Labute approximate surface area is 156 Å². The van der Waals surface area contributed by atoms with Crippen LogP contribution < -0.4 is 4.90 Å². The van der Waals surface area contributed by atoms with Crippen LogP contribution in [0.15, 0.2) is 34.8 Å². The van der Waals surface area contributed by atoms with Crippen molar-refractivity contribution in [3.05, 3.63) is 51.6 Å². The summed E-state index contributed by atoms with van der Waals surface area (Å²) in [5, 5.41) is 8.71. The van der Waals surface area contributed by atoms with Crippen molar-refractivity contribution >= 4 is 27.7 Å². The molecule has 1 aromatic carbocycles. The second-order valence-electron chi connectivity index (χ2n) is 6.86. The smallest absolute Gasteiger partial charge is 0.227 e. The third kappa shape index (κ3) is 3.27. The van der Waals surface area contributed by atoms with Crippen LogP contribution >= 0.6 is 15.9 Å². The highest BCUT2D eigenvalue weighted by Gasteiger charge is 2.34. The van der Waals surface area contributed by atoms with Gasteiger partial charge in [-0.05, 0) is 42.5 Å². The van der Waals surface area contributed by atoms with Crippen LogP contribution in [0, 0.1) is 0 Å². The molecule has 25 heavy (non-hydrogen) atoms. The number of rotatable bonds is 4. The number of nitrogens with zero attached hydrogens (tertiary/aromatic N) is 4. The molecule has 1 fully saturated rings. The average Bonchev–Trinajstić information content (AvgIpc) is 3.03. The number of likely N-dealkylation sites (N-methyl/N-ethyl adjacent to an activating group) is 1. The molecule has 0 unspecified atom stereocenters. The monoisotopic (exact) mass is 400 g/mol. The maximum Gasteiger partial charge on any atom is 0.227 e. The molecule has 1 amide bonds. The van der Waals surface area contributed by atoms with E-state index in [9.17, 15) is 4.79 Å². The maximum atomic E-state index is 12.6. The minimum Gasteiger partial charge on any atom is -0.351 e. The third-order valence-electron chi connectivity index (χ3n) is 5.23. The van der Waals surface area contributed by atoms with Crippen LogP contribution in [-0.2, 0) is 24.1 Å². The number of anilines is 1. The number of fused-ring (bicyclic) bond motifs is 1. The van der Waals surface area contributed by atoms with Crippen LogP contribution in [0.3, 0.4) is 0 Å². The van der Waals surface area contributed by atoms with E-state index in [1.807, 2.05) is 36.2 Å². The van der Waals surface area contributed by atoms with Crippen molar-refractivity contribution in [2.75, 3.05) is 25.0 Å². The van der Waals surface area contributed by atoms with E-state index in [1.165, 1.54) is 12.0 Å². The van der Waals surface area contributed by atoms with Gasteiger partial charge in [0.1, 0.15) is 0 Å². The second-order valence-corrected chi connectivity index (χ2v) is 7.71. The molecule has 4 rings (SSSR count). The van der Waals surface area contributed by atoms with E-state index in [0.29, 0.717) is 6.42 Å². The van der Waals surface area contributed by atoms with Gasteiger partial charge in [-0.3, -0.25) is 4.79 Å². The Kier molecular flexibility index (Phi) is 4.46. The fourth-order valence-electron chi connectivity index (χ4n) is 3.49. The summed E-state index contributed by atoms with van der Waals surface area (Å²) in [6.45, 7) is 1.65. The summed E-state index contributed by atoms with van der Waals surface area (Å²) in [5.74, 6) is 1.10. The average molecular weight is 401 g/mol. The molecule has 5 nitrogen and oxygen atoms in total. The molecule has 130 valence electrons. The molecule has 1 aliphatic heterocycles. The number of halogens is 1. The predicted molar refractivity (Wildman–Crippen MR) is 101 cm³/mol. The minimum absolute atomic E-state index is 0.150. The van der Waals surface area contributed by atoms with Gasteiger partial charge in [0.25, 0.3) is 0 Å². The molecule has 1 aromatic heterocycles. The summed E-state index contributed by atoms with van der Waals surface area (Å²) in [6, 6.07) is 10.3. The number of benzene rings is 1. The van der Waals surface area contributed by atoms with Crippen molar-refractivity contribution in [2.24, 2.45) is 0 Å². The first-order valence-electron chi connectivity index (χ1n) is 8.71. The topological polar surface area (TPSA) is 49.3 Å². The molecule has 0 atom stereocenters. The lowest BCUT2D eigenvalue weighted by Crippen LogP contribution is -2.60. The summed E-state index contributed by atoms with van der Waals surface area (Å²) in [5.41, 5.74) is 3.52. The third-order valence-corrected chi connectivity index (χ3v) is 6.01. The molecule has 0 radical (unpaired) electrons. The lowest BCUT2D eigenvalue weighted by Gasteiger charge is -2.44. The fraction of sp³-hybridized carbons (Fsp3) is 0.421. The number of hydrogen-bond acceptors (Lipinski definition) is 4. The summed E-state index contributed by atoms with van der Waals surface area (Å²) < 4.78 is 0.986. The zero-order valence-corrected chi connectivity index (χ0v) is 15.9. The summed E-state index contributed by atoms with van der Waals surface area (Å²) in [4.78, 5) is 16.6. The summed E-state index contributed by atoms with van der Waals surface area (Å²) in [7, 11) is 1.90. The fourth-order valence-corrected chi connectivity index (χ4v) is 3.92. The first kappa shape index (κ1) is 16.5. The van der Waals surface area contributed by atoms with Crippen LogP contribution in [0.1, 0.15) is 23.2 Å². The molecule has 2 aliphatic rings. The normalized spacial score (nSPS) is 16.5. The van der Waals surface area contributed by atoms with Crippen molar-refractivity contribution in [2.45, 2.75) is 31.7 Å². The van der Waals surface area contributed by atoms with Crippen molar-refractivity contribution in [1.82, 2.24) is 15.1 Å². The summed E-state index contributed by atoms with van der Waals surface area (Å²) in [6.07, 6.45) is 3.77. The molecule has 0 spiro atoms. The highest BCUT2D eigenvalue weighted by atomic mass is 79.9. The largest absolute Gasteiger partial charge is 0.351 e. The number of aryl methyl sites for hydroxylation is 2. The highest BCUT2D eigenvalue weighted by Crippen LogP contribution is 2.26. The van der Waals surface area contributed by atoms with Crippen LogP contribution in [0.5, 0.6) is 0 Å². The molecule has 0 bridgehead atoms. The van der Waals surface area contributed by atoms with E-state index in [4.69, 9.17) is 0 Å². The van der Waals surface area contributed by atoms with Gasteiger partial charge in [-0.15, -0.1) is 5.10 Å². The van der Waals surface area contributed by atoms with E-state index in [0.717, 1.165) is 47.5 Å². The number of hydrogen-bond donors (Lipinski definition) is 0. The number of aromatic nitrogens is 2. The molecular weight excluding hydrogens is 380 g/mol. The molecule has 0 N–H and O–H groups in total. The molecule has 1 aliphatic carbocycles. The molecule has 2 aromatic rings. The van der Waals surface area contributed by atoms with Gasteiger partial charge in [0.15, 0.2) is 5.82 Å². The zero-order valence-electron chi connectivity index (χ0n) is 14.3. The van der Waals surface area contributed by atoms with Crippen molar-refractivity contribution in [3.8, 4) is 0 Å². The first-order chi connectivity index (χ1) is 12.1. The summed E-state index contributed by atoms with van der Waals surface area (Å²) >= 11 is 3.51. The van der Waals surface area contributed by atoms with Crippen LogP contribution in [0.2, 0.25) is 0 Å². The number of carbonyl (C=O) groups is 1. The Morgan fingerprint density at radius 3 is 2.88 bits per heavy atom.